The number of nitrogens with one attached hydrogen (secondary N) is 1. The summed E-state index contributed by atoms with van der Waals surface area (Å²) in [6.45, 7) is 7.33. The minimum Gasteiger partial charge on any atom is -0.313 e. The van der Waals surface area contributed by atoms with E-state index in [1.165, 1.54) is 12.8 Å². The number of hydrogen-bond donors (Lipinski definition) is 1. The molecule has 1 aliphatic carbocycles. The molecule has 3 heteroatoms. The first-order chi connectivity index (χ1) is 6.65. The third kappa shape index (κ3) is 4.09. The van der Waals surface area contributed by atoms with Crippen LogP contribution in [0, 0.1) is 5.92 Å². The molecule has 2 nitrogen and oxygen atoms in total. The van der Waals surface area contributed by atoms with Crippen LogP contribution in [0.4, 0.5) is 0 Å². The second-order valence-electron chi connectivity index (χ2n) is 4.49. The van der Waals surface area contributed by atoms with Crippen LogP contribution in [0.1, 0.15) is 40.0 Å². The first-order valence-corrected chi connectivity index (χ1v) is 7.14. The SMILES string of the molecule is CCCNC(CS(=O)C(C)C)C1CC1. The highest BCUT2D eigenvalue weighted by atomic mass is 32.2. The summed E-state index contributed by atoms with van der Waals surface area (Å²) in [5.41, 5.74) is 0. The molecule has 0 aromatic carbocycles. The molecule has 1 N–H and O–H groups in total. The van der Waals surface area contributed by atoms with Crippen molar-refractivity contribution in [1.29, 1.82) is 0 Å². The van der Waals surface area contributed by atoms with Gasteiger partial charge in [0.05, 0.1) is 0 Å². The van der Waals surface area contributed by atoms with Crippen molar-refractivity contribution in [2.24, 2.45) is 5.92 Å². The van der Waals surface area contributed by atoms with E-state index in [4.69, 9.17) is 0 Å². The second-order valence-corrected chi connectivity index (χ2v) is 6.53. The molecule has 0 saturated heterocycles. The summed E-state index contributed by atoms with van der Waals surface area (Å²) in [6.07, 6.45) is 3.82. The van der Waals surface area contributed by atoms with Gasteiger partial charge in [-0.25, -0.2) is 0 Å². The van der Waals surface area contributed by atoms with E-state index in [1.807, 2.05) is 13.8 Å². The second kappa shape index (κ2) is 5.86. The van der Waals surface area contributed by atoms with Crippen molar-refractivity contribution >= 4 is 10.8 Å². The van der Waals surface area contributed by atoms with Crippen molar-refractivity contribution in [3.63, 3.8) is 0 Å². The standard InChI is InChI=1S/C11H23NOS/c1-4-7-12-11(10-5-6-10)8-14(13)9(2)3/h9-12H,4-8H2,1-3H3. The predicted molar refractivity (Wildman–Crippen MR) is 63.0 cm³/mol. The Hall–Kier alpha value is 0.110. The van der Waals surface area contributed by atoms with Gasteiger partial charge in [0.1, 0.15) is 0 Å². The van der Waals surface area contributed by atoms with Gasteiger partial charge in [0, 0.05) is 27.8 Å². The lowest BCUT2D eigenvalue weighted by Gasteiger charge is -2.18. The fraction of sp³-hybridized carbons (Fsp3) is 1.00. The molecule has 84 valence electrons. The van der Waals surface area contributed by atoms with Gasteiger partial charge in [-0.2, -0.15) is 0 Å². The van der Waals surface area contributed by atoms with Gasteiger partial charge in [0.15, 0.2) is 0 Å². The molecular formula is C11H23NOS. The molecule has 1 aliphatic rings. The van der Waals surface area contributed by atoms with Crippen LogP contribution in [0.2, 0.25) is 0 Å². The Morgan fingerprint density at radius 1 is 1.43 bits per heavy atom. The maximum absolute atomic E-state index is 11.7. The Balaban J connectivity index is 2.31. The lowest BCUT2D eigenvalue weighted by atomic mass is 10.2. The van der Waals surface area contributed by atoms with Gasteiger partial charge in [-0.05, 0) is 31.7 Å². The van der Waals surface area contributed by atoms with Crippen molar-refractivity contribution < 1.29 is 4.21 Å². The maximum atomic E-state index is 11.7. The van der Waals surface area contributed by atoms with Crippen LogP contribution in [0.3, 0.4) is 0 Å². The van der Waals surface area contributed by atoms with Gasteiger partial charge in [-0.1, -0.05) is 20.8 Å². The van der Waals surface area contributed by atoms with Gasteiger partial charge in [-0.3, -0.25) is 4.21 Å². The van der Waals surface area contributed by atoms with Crippen LogP contribution in [0.15, 0.2) is 0 Å². The minimum atomic E-state index is -0.648. The molecule has 1 saturated carbocycles. The summed E-state index contributed by atoms with van der Waals surface area (Å²) >= 11 is 0. The molecule has 14 heavy (non-hydrogen) atoms. The van der Waals surface area contributed by atoms with E-state index in [1.54, 1.807) is 0 Å². The van der Waals surface area contributed by atoms with E-state index in [9.17, 15) is 4.21 Å². The van der Waals surface area contributed by atoms with Crippen molar-refractivity contribution in [2.75, 3.05) is 12.3 Å². The molecule has 2 atom stereocenters. The molecule has 0 bridgehead atoms. The molecule has 0 heterocycles. The van der Waals surface area contributed by atoms with Crippen LogP contribution >= 0.6 is 0 Å². The van der Waals surface area contributed by atoms with Crippen molar-refractivity contribution in [1.82, 2.24) is 5.32 Å². The molecule has 1 rings (SSSR count). The van der Waals surface area contributed by atoms with Gasteiger partial charge < -0.3 is 5.32 Å². The maximum Gasteiger partial charge on any atom is 0.0394 e. The molecule has 0 aliphatic heterocycles. The smallest absolute Gasteiger partial charge is 0.0394 e. The van der Waals surface area contributed by atoms with Crippen molar-refractivity contribution in [3.05, 3.63) is 0 Å². The highest BCUT2D eigenvalue weighted by Gasteiger charge is 2.32. The Bertz CT molecular complexity index is 190. The average Bonchev–Trinajstić information content (AvgIpc) is 2.94. The molecular weight excluding hydrogens is 194 g/mol. The van der Waals surface area contributed by atoms with Gasteiger partial charge in [0.25, 0.3) is 0 Å². The molecule has 0 radical (unpaired) electrons. The van der Waals surface area contributed by atoms with Crippen molar-refractivity contribution in [2.45, 2.75) is 51.3 Å². The fourth-order valence-electron chi connectivity index (χ4n) is 1.56. The van der Waals surface area contributed by atoms with E-state index < -0.39 is 10.8 Å². The molecule has 0 aromatic heterocycles. The highest BCUT2D eigenvalue weighted by molar-refractivity contribution is 7.85. The van der Waals surface area contributed by atoms with Crippen LogP contribution in [-0.2, 0) is 10.8 Å². The lowest BCUT2D eigenvalue weighted by Crippen LogP contribution is -2.37. The zero-order valence-corrected chi connectivity index (χ0v) is 10.4. The van der Waals surface area contributed by atoms with Crippen LogP contribution in [-0.4, -0.2) is 27.8 Å². The summed E-state index contributed by atoms with van der Waals surface area (Å²) in [4.78, 5) is 0. The van der Waals surface area contributed by atoms with Gasteiger partial charge >= 0.3 is 0 Å². The summed E-state index contributed by atoms with van der Waals surface area (Å²) in [5.74, 6) is 1.66. The normalized spacial score (nSPS) is 21.1. The summed E-state index contributed by atoms with van der Waals surface area (Å²) in [7, 11) is -0.648. The largest absolute Gasteiger partial charge is 0.313 e. The Kier molecular flexibility index (Phi) is 5.10. The quantitative estimate of drug-likeness (QED) is 0.706. The average molecular weight is 217 g/mol. The minimum absolute atomic E-state index is 0.305. The van der Waals surface area contributed by atoms with Crippen LogP contribution in [0.5, 0.6) is 0 Å². The molecule has 2 unspecified atom stereocenters. The summed E-state index contributed by atoms with van der Waals surface area (Å²) in [6, 6.07) is 0.512. The third-order valence-corrected chi connectivity index (χ3v) is 4.46. The zero-order chi connectivity index (χ0) is 10.6. The Labute approximate surface area is 90.3 Å². The molecule has 1 fully saturated rings. The fourth-order valence-corrected chi connectivity index (χ4v) is 2.69. The van der Waals surface area contributed by atoms with Gasteiger partial charge in [-0.15, -0.1) is 0 Å². The van der Waals surface area contributed by atoms with E-state index in [0.29, 0.717) is 11.3 Å². The van der Waals surface area contributed by atoms with Crippen LogP contribution in [0.25, 0.3) is 0 Å². The lowest BCUT2D eigenvalue weighted by molar-refractivity contribution is 0.498. The molecule has 0 spiro atoms. The number of rotatable bonds is 7. The molecule has 0 amide bonds. The van der Waals surface area contributed by atoms with Crippen LogP contribution < -0.4 is 5.32 Å². The first-order valence-electron chi connectivity index (χ1n) is 5.75. The van der Waals surface area contributed by atoms with E-state index in [2.05, 4.69) is 12.2 Å². The third-order valence-electron chi connectivity index (χ3n) is 2.72. The topological polar surface area (TPSA) is 29.1 Å². The zero-order valence-electron chi connectivity index (χ0n) is 9.58. The summed E-state index contributed by atoms with van der Waals surface area (Å²) < 4.78 is 11.7. The predicted octanol–water partition coefficient (Wildman–Crippen LogP) is 1.92. The summed E-state index contributed by atoms with van der Waals surface area (Å²) in [5, 5.41) is 3.83. The monoisotopic (exact) mass is 217 g/mol. The van der Waals surface area contributed by atoms with Crippen molar-refractivity contribution in [3.8, 4) is 0 Å². The van der Waals surface area contributed by atoms with E-state index in [-0.39, 0.29) is 0 Å². The highest BCUT2D eigenvalue weighted by Crippen LogP contribution is 2.33. The van der Waals surface area contributed by atoms with E-state index in [0.717, 1.165) is 24.6 Å². The first kappa shape index (κ1) is 12.2. The Morgan fingerprint density at radius 3 is 2.50 bits per heavy atom. The molecule has 0 aromatic rings. The van der Waals surface area contributed by atoms with Gasteiger partial charge in [0.2, 0.25) is 0 Å². The van der Waals surface area contributed by atoms with E-state index >= 15 is 0 Å². The number of hydrogen-bond acceptors (Lipinski definition) is 2. The Morgan fingerprint density at radius 2 is 2.07 bits per heavy atom.